The smallest absolute Gasteiger partial charge is 0.250 e. The molecule has 4 aromatic rings. The Morgan fingerprint density at radius 1 is 1.03 bits per heavy atom. The van der Waals surface area contributed by atoms with E-state index in [1.807, 2.05) is 47.9 Å². The number of amides is 1. The van der Waals surface area contributed by atoms with Crippen LogP contribution in [-0.4, -0.2) is 39.2 Å². The van der Waals surface area contributed by atoms with Gasteiger partial charge in [0.15, 0.2) is 11.0 Å². The summed E-state index contributed by atoms with van der Waals surface area (Å²) in [6, 6.07) is 19.9. The molecule has 7 nitrogen and oxygen atoms in total. The molecule has 0 spiro atoms. The molecule has 1 N–H and O–H groups in total. The van der Waals surface area contributed by atoms with Crippen LogP contribution in [0.4, 0.5) is 0 Å². The highest BCUT2D eigenvalue weighted by Crippen LogP contribution is 2.29. The molecule has 0 aliphatic heterocycles. The Morgan fingerprint density at radius 3 is 2.44 bits per heavy atom. The second-order valence-corrected chi connectivity index (χ2v) is 9.55. The van der Waals surface area contributed by atoms with Crippen LogP contribution in [0.25, 0.3) is 17.1 Å². The number of rotatable bonds is 9. The van der Waals surface area contributed by atoms with Gasteiger partial charge in [-0.25, -0.2) is 5.43 Å². The summed E-state index contributed by atoms with van der Waals surface area (Å²) in [6.45, 7) is 2.51. The molecule has 0 unspecified atom stereocenters. The van der Waals surface area contributed by atoms with Crippen LogP contribution in [0.15, 0.2) is 77.0 Å². The number of carbonyl (C=O) groups is 1. The summed E-state index contributed by atoms with van der Waals surface area (Å²) in [7, 11) is 0. The zero-order valence-corrected chi connectivity index (χ0v) is 22.1. The SMILES string of the molecule is CCOc1ccc(-n2c(SCC(=O)N/N=C\c3ccc(Cl)cc3Cl)nnc2-c2ccc(Cl)cc2)cc1. The summed E-state index contributed by atoms with van der Waals surface area (Å²) in [5, 5.41) is 14.8. The lowest BCUT2D eigenvalue weighted by Crippen LogP contribution is -2.20. The standard InChI is InChI=1S/C25H20Cl3N5O2S/c1-2-35-21-11-9-20(10-12-21)33-24(16-3-6-18(26)7-4-16)31-32-25(33)36-15-23(34)30-29-14-17-5-8-19(27)13-22(17)28/h3-14H,2,15H2,1H3,(H,30,34)/b29-14-. The van der Waals surface area contributed by atoms with E-state index in [1.54, 1.807) is 30.3 Å². The molecule has 0 saturated carbocycles. The summed E-state index contributed by atoms with van der Waals surface area (Å²) in [5.41, 5.74) is 4.79. The Bertz CT molecular complexity index is 1380. The van der Waals surface area contributed by atoms with Crippen LogP contribution in [0, 0.1) is 0 Å². The van der Waals surface area contributed by atoms with Gasteiger partial charge in [0, 0.05) is 26.9 Å². The number of ether oxygens (including phenoxy) is 1. The van der Waals surface area contributed by atoms with Crippen molar-refractivity contribution in [1.29, 1.82) is 0 Å². The van der Waals surface area contributed by atoms with Gasteiger partial charge in [-0.05, 0) is 67.6 Å². The van der Waals surface area contributed by atoms with Crippen molar-refractivity contribution in [2.45, 2.75) is 12.1 Å². The molecule has 1 amide bonds. The van der Waals surface area contributed by atoms with Gasteiger partial charge < -0.3 is 4.74 Å². The van der Waals surface area contributed by atoms with E-state index in [9.17, 15) is 4.79 Å². The normalized spacial score (nSPS) is 11.1. The monoisotopic (exact) mass is 559 g/mol. The number of nitrogens with zero attached hydrogens (tertiary/aromatic N) is 4. The largest absolute Gasteiger partial charge is 0.494 e. The van der Waals surface area contributed by atoms with Crippen molar-refractivity contribution >= 4 is 58.7 Å². The Morgan fingerprint density at radius 2 is 1.75 bits per heavy atom. The average Bonchev–Trinajstić information content (AvgIpc) is 3.29. The molecule has 3 aromatic carbocycles. The van der Waals surface area contributed by atoms with Gasteiger partial charge in [-0.3, -0.25) is 9.36 Å². The lowest BCUT2D eigenvalue weighted by molar-refractivity contribution is -0.118. The maximum atomic E-state index is 12.4. The number of hydrazone groups is 1. The van der Waals surface area contributed by atoms with Gasteiger partial charge in [0.2, 0.25) is 0 Å². The molecule has 4 rings (SSSR count). The van der Waals surface area contributed by atoms with E-state index in [4.69, 9.17) is 39.5 Å². The van der Waals surface area contributed by atoms with Gasteiger partial charge in [0.25, 0.3) is 5.91 Å². The summed E-state index contributed by atoms with van der Waals surface area (Å²) < 4.78 is 7.44. The Hall–Kier alpha value is -3.04. The Labute approximate surface area is 227 Å². The van der Waals surface area contributed by atoms with Crippen LogP contribution >= 0.6 is 46.6 Å². The van der Waals surface area contributed by atoms with Crippen molar-refractivity contribution in [3.05, 3.63) is 87.4 Å². The van der Waals surface area contributed by atoms with E-state index in [2.05, 4.69) is 20.7 Å². The van der Waals surface area contributed by atoms with Crippen LogP contribution in [-0.2, 0) is 4.79 Å². The van der Waals surface area contributed by atoms with E-state index in [0.29, 0.717) is 38.2 Å². The minimum absolute atomic E-state index is 0.0709. The lowest BCUT2D eigenvalue weighted by Gasteiger charge is -2.11. The number of hydrogen-bond donors (Lipinski definition) is 1. The van der Waals surface area contributed by atoms with Gasteiger partial charge >= 0.3 is 0 Å². The predicted octanol–water partition coefficient (Wildman–Crippen LogP) is 6.54. The van der Waals surface area contributed by atoms with E-state index in [-0.39, 0.29) is 11.7 Å². The maximum Gasteiger partial charge on any atom is 0.250 e. The molecule has 0 radical (unpaired) electrons. The fourth-order valence-electron chi connectivity index (χ4n) is 3.18. The number of hydrogen-bond acceptors (Lipinski definition) is 6. The molecule has 0 aliphatic carbocycles. The van der Waals surface area contributed by atoms with Gasteiger partial charge in [-0.15, -0.1) is 10.2 Å². The molecule has 0 aliphatic rings. The second-order valence-electron chi connectivity index (χ2n) is 7.32. The van der Waals surface area contributed by atoms with Gasteiger partial charge in [0.1, 0.15) is 5.75 Å². The third kappa shape index (κ3) is 6.59. The van der Waals surface area contributed by atoms with Crippen molar-refractivity contribution in [2.75, 3.05) is 12.4 Å². The predicted molar refractivity (Wildman–Crippen MR) is 146 cm³/mol. The summed E-state index contributed by atoms with van der Waals surface area (Å²) >= 11 is 19.3. The van der Waals surface area contributed by atoms with Crippen LogP contribution < -0.4 is 10.2 Å². The minimum Gasteiger partial charge on any atom is -0.494 e. The zero-order chi connectivity index (χ0) is 25.5. The van der Waals surface area contributed by atoms with Crippen LogP contribution in [0.5, 0.6) is 5.75 Å². The van der Waals surface area contributed by atoms with Crippen LogP contribution in [0.3, 0.4) is 0 Å². The third-order valence-electron chi connectivity index (χ3n) is 4.83. The first-order chi connectivity index (χ1) is 17.4. The lowest BCUT2D eigenvalue weighted by atomic mass is 10.2. The van der Waals surface area contributed by atoms with Crippen molar-refractivity contribution in [3.8, 4) is 22.8 Å². The minimum atomic E-state index is -0.310. The summed E-state index contributed by atoms with van der Waals surface area (Å²) in [6.07, 6.45) is 1.46. The van der Waals surface area contributed by atoms with E-state index >= 15 is 0 Å². The summed E-state index contributed by atoms with van der Waals surface area (Å²) in [4.78, 5) is 12.4. The highest BCUT2D eigenvalue weighted by molar-refractivity contribution is 7.99. The van der Waals surface area contributed by atoms with E-state index in [0.717, 1.165) is 17.0 Å². The number of aromatic nitrogens is 3. The Balaban J connectivity index is 1.52. The molecule has 1 heterocycles. The first-order valence-corrected chi connectivity index (χ1v) is 12.9. The quantitative estimate of drug-likeness (QED) is 0.143. The molecule has 0 bridgehead atoms. The molecular weight excluding hydrogens is 541 g/mol. The second kappa shape index (κ2) is 12.3. The van der Waals surface area contributed by atoms with Crippen molar-refractivity contribution in [3.63, 3.8) is 0 Å². The first kappa shape index (κ1) is 26.0. The summed E-state index contributed by atoms with van der Waals surface area (Å²) in [5.74, 6) is 1.14. The highest BCUT2D eigenvalue weighted by Gasteiger charge is 2.17. The number of carbonyl (C=O) groups excluding carboxylic acids is 1. The third-order valence-corrected chi connectivity index (χ3v) is 6.57. The number of nitrogens with one attached hydrogen (secondary N) is 1. The van der Waals surface area contributed by atoms with Crippen LogP contribution in [0.1, 0.15) is 12.5 Å². The zero-order valence-electron chi connectivity index (χ0n) is 19.0. The molecule has 0 saturated heterocycles. The topological polar surface area (TPSA) is 81.4 Å². The van der Waals surface area contributed by atoms with Crippen molar-refractivity contribution in [2.24, 2.45) is 5.10 Å². The average molecular weight is 561 g/mol. The molecular formula is C25H20Cl3N5O2S. The molecule has 1 aromatic heterocycles. The van der Waals surface area contributed by atoms with Crippen molar-refractivity contribution < 1.29 is 9.53 Å². The van der Waals surface area contributed by atoms with E-state index in [1.165, 1.54) is 18.0 Å². The van der Waals surface area contributed by atoms with Crippen molar-refractivity contribution in [1.82, 2.24) is 20.2 Å². The Kier molecular flexibility index (Phi) is 8.88. The van der Waals surface area contributed by atoms with E-state index < -0.39 is 0 Å². The van der Waals surface area contributed by atoms with Crippen LogP contribution in [0.2, 0.25) is 15.1 Å². The fourth-order valence-corrected chi connectivity index (χ4v) is 4.51. The molecule has 0 atom stereocenters. The fraction of sp³-hybridized carbons (Fsp3) is 0.120. The number of thioether (sulfide) groups is 1. The van der Waals surface area contributed by atoms with Gasteiger partial charge in [-0.1, -0.05) is 52.6 Å². The number of benzene rings is 3. The molecule has 184 valence electrons. The highest BCUT2D eigenvalue weighted by atomic mass is 35.5. The molecule has 0 fully saturated rings. The molecule has 11 heteroatoms. The molecule has 36 heavy (non-hydrogen) atoms. The van der Waals surface area contributed by atoms with Gasteiger partial charge in [-0.2, -0.15) is 5.10 Å². The number of halogens is 3. The van der Waals surface area contributed by atoms with Gasteiger partial charge in [0.05, 0.1) is 23.6 Å². The maximum absolute atomic E-state index is 12.4. The first-order valence-electron chi connectivity index (χ1n) is 10.8.